The maximum Gasteiger partial charge on any atom is 0.161 e. The van der Waals surface area contributed by atoms with Gasteiger partial charge in [0.05, 0.1) is 7.11 Å². The van der Waals surface area contributed by atoms with E-state index in [-0.39, 0.29) is 5.82 Å². The topological polar surface area (TPSA) is 37.5 Å². The van der Waals surface area contributed by atoms with E-state index in [1.807, 2.05) is 0 Å². The van der Waals surface area contributed by atoms with Crippen molar-refractivity contribution in [2.75, 3.05) is 13.7 Å². The molecule has 1 unspecified atom stereocenters. The van der Waals surface area contributed by atoms with Gasteiger partial charge in [0.25, 0.3) is 0 Å². The molecule has 1 N–H and O–H groups in total. The number of aromatic nitrogens is 1. The number of hydrogen-bond acceptors (Lipinski definition) is 3. The van der Waals surface area contributed by atoms with Crippen molar-refractivity contribution in [3.63, 3.8) is 0 Å². The van der Waals surface area contributed by atoms with Crippen LogP contribution in [-0.4, -0.2) is 23.5 Å². The first-order chi connectivity index (χ1) is 40.6. The van der Waals surface area contributed by atoms with E-state index in [1.165, 1.54) is 45.4 Å². The summed E-state index contributed by atoms with van der Waals surface area (Å²) in [5.41, 5.74) is 7.58. The Labute approximate surface area is 480 Å². The molecule has 0 radical (unpaired) electrons. The summed E-state index contributed by atoms with van der Waals surface area (Å²) in [7, 11) is 1.69. The number of aromatic amines is 1. The lowest BCUT2D eigenvalue weighted by Crippen LogP contribution is -2.39. The number of rotatable bonds is 4. The highest BCUT2D eigenvalue weighted by molar-refractivity contribution is 5.85. The smallest absolute Gasteiger partial charge is 0.161 e. The number of H-pyrrole nitrogens is 1. The minimum Gasteiger partial charge on any atom is -0.493 e. The van der Waals surface area contributed by atoms with Crippen LogP contribution in [0, 0.1) is 303 Å². The number of halogens is 1. The number of nitrogens with one attached hydrogen (secondary N) is 1. The van der Waals surface area contributed by atoms with E-state index >= 15 is 0 Å². The van der Waals surface area contributed by atoms with Crippen LogP contribution in [0.4, 0.5) is 4.39 Å². The highest BCUT2D eigenvalue weighted by Gasteiger charge is 2.34. The second-order valence-electron chi connectivity index (χ2n) is 14.7. The lowest BCUT2D eigenvalue weighted by molar-refractivity contribution is 0.158. The summed E-state index contributed by atoms with van der Waals surface area (Å²) >= 11 is 0. The summed E-state index contributed by atoms with van der Waals surface area (Å²) < 4.78 is 25.0. The third-order valence-electron chi connectivity index (χ3n) is 9.82. The Morgan fingerprint density at radius 3 is 1.21 bits per heavy atom. The van der Waals surface area contributed by atoms with Crippen LogP contribution in [0.3, 0.4) is 0 Å². The number of methoxy groups -OCH3 is 1. The zero-order chi connectivity index (χ0) is 57.6. The molecule has 4 nitrogen and oxygen atoms in total. The highest BCUT2D eigenvalue weighted by Crippen LogP contribution is 2.44. The highest BCUT2D eigenvalue weighted by atomic mass is 19.1. The van der Waals surface area contributed by atoms with Crippen molar-refractivity contribution in [1.82, 2.24) is 9.88 Å². The van der Waals surface area contributed by atoms with Crippen molar-refractivity contribution < 1.29 is 13.9 Å². The van der Waals surface area contributed by atoms with Gasteiger partial charge in [-0.1, -0.05) is 30.3 Å². The first-order valence-corrected chi connectivity index (χ1v) is 23.4. The molecule has 0 bridgehead atoms. The van der Waals surface area contributed by atoms with E-state index in [0.29, 0.717) is 12.6 Å². The second-order valence-corrected chi connectivity index (χ2v) is 14.7. The summed E-state index contributed by atoms with van der Waals surface area (Å²) in [6, 6.07) is 19.6. The van der Waals surface area contributed by atoms with E-state index in [4.69, 9.17) is 22.3 Å². The zero-order valence-electron chi connectivity index (χ0n) is 43.2. The van der Waals surface area contributed by atoms with Gasteiger partial charge in [-0.05, 0) is 160 Å². The Balaban J connectivity index is 0.000000326. The van der Waals surface area contributed by atoms with Crippen LogP contribution in [0.15, 0.2) is 60.7 Å². The van der Waals surface area contributed by atoms with Crippen molar-refractivity contribution in [1.29, 1.82) is 0 Å². The molecule has 0 amide bonds. The van der Waals surface area contributed by atoms with Crippen LogP contribution < -0.4 is 9.47 Å². The van der Waals surface area contributed by atoms with Gasteiger partial charge in [-0.3, -0.25) is 4.90 Å². The third kappa shape index (κ3) is 22.8. The molecule has 1 aromatic heterocycles. The zero-order valence-corrected chi connectivity index (χ0v) is 43.2. The molecule has 4 aromatic rings. The van der Waals surface area contributed by atoms with Crippen LogP contribution in [0.25, 0.3) is 10.9 Å². The molecule has 2 aliphatic heterocycles. The average molecular weight is 1030 g/mol. The molecule has 82 heavy (non-hydrogen) atoms. The summed E-state index contributed by atoms with van der Waals surface area (Å²) in [6.07, 6.45) is 11.8. The molecule has 364 valence electrons. The standard InChI is InChI=1S/C50H2.C27H25FN2O2/c1-3-5-7-9-11-13-15-17-19-21-23-25-27-29-31-33-35-37-39-41-43-45-47-49-50-48-46-44-42-40-38-36-34-32-30-28-26-24-22-20-18-16-14-12-10-8-6-4-2;1-31-26-14-21-18(12-27(26)32-16-17-6-8-19(28)9-7-17)10-11-30-15-24-22(13-25(21)30)20-4-2-3-5-23(20)29-24/h1-2H;2-9,12,14,25,29H,10-11,13,15-16H2,1H3. The lowest BCUT2D eigenvalue weighted by Gasteiger charge is -2.40. The summed E-state index contributed by atoms with van der Waals surface area (Å²) in [6.45, 7) is 2.35. The fraction of sp³-hybridized carbons (Fsp3) is 0.0909. The SMILES string of the molecule is C#CC#CC#CC#CC#CC#CC#CC#CC#CC#CC#CC#CC#CC#CC#CC#CC#CC#CC#CC#CC#CC#CC#CC#CC#C.COc1cc2c(cc1OCc1ccc(F)cc1)CCN1Cc3[nH]c4ccccc4c3CC21. The molecule has 5 heteroatoms. The molecule has 3 aromatic carbocycles. The fourth-order valence-electron chi connectivity index (χ4n) is 6.67. The van der Waals surface area contributed by atoms with Crippen molar-refractivity contribution in [2.45, 2.75) is 32.0 Å². The molecule has 6 rings (SSSR count). The van der Waals surface area contributed by atoms with Gasteiger partial charge in [-0.15, -0.1) is 12.8 Å². The van der Waals surface area contributed by atoms with Crippen LogP contribution in [-0.2, 0) is 26.0 Å². The number of hydrogen-bond donors (Lipinski definition) is 1. The summed E-state index contributed by atoms with van der Waals surface area (Å²) in [5.74, 6) is 119. The van der Waals surface area contributed by atoms with Crippen LogP contribution >= 0.6 is 0 Å². The van der Waals surface area contributed by atoms with Crippen LogP contribution in [0.5, 0.6) is 11.5 Å². The number of para-hydroxylation sites is 1. The Kier molecular flexibility index (Phi) is 26.7. The number of fused-ring (bicyclic) bond motifs is 6. The predicted octanol–water partition coefficient (Wildman–Crippen LogP) is 5.88. The molecule has 0 aliphatic carbocycles. The molecular formula is C77H27FN2O2. The third-order valence-corrected chi connectivity index (χ3v) is 9.82. The van der Waals surface area contributed by atoms with Crippen LogP contribution in [0.2, 0.25) is 0 Å². The molecule has 2 aliphatic rings. The van der Waals surface area contributed by atoms with Crippen molar-refractivity contribution in [3.05, 3.63) is 94.4 Å². The van der Waals surface area contributed by atoms with Gasteiger partial charge in [0.2, 0.25) is 0 Å². The summed E-state index contributed by atoms with van der Waals surface area (Å²) in [5, 5.41) is 1.33. The van der Waals surface area contributed by atoms with Crippen molar-refractivity contribution in [3.8, 4) is 309 Å². The Morgan fingerprint density at radius 2 is 0.841 bits per heavy atom. The van der Waals surface area contributed by atoms with E-state index in [2.05, 4.69) is 330 Å². The average Bonchev–Trinajstić information content (AvgIpc) is 4.09. The molecule has 0 saturated carbocycles. The lowest BCUT2D eigenvalue weighted by atomic mass is 9.85. The van der Waals surface area contributed by atoms with Crippen molar-refractivity contribution >= 4 is 10.9 Å². The molecule has 0 fully saturated rings. The molecule has 0 spiro atoms. The maximum atomic E-state index is 13.2. The van der Waals surface area contributed by atoms with Gasteiger partial charge < -0.3 is 14.5 Å². The molecule has 0 saturated heterocycles. The maximum absolute atomic E-state index is 13.2. The molecule has 1 atom stereocenters. The summed E-state index contributed by atoms with van der Waals surface area (Å²) in [4.78, 5) is 6.20. The van der Waals surface area contributed by atoms with Crippen LogP contribution in [0.1, 0.15) is 34.0 Å². The van der Waals surface area contributed by atoms with Crippen molar-refractivity contribution in [2.24, 2.45) is 0 Å². The van der Waals surface area contributed by atoms with E-state index < -0.39 is 0 Å². The minimum absolute atomic E-state index is 0.240. The van der Waals surface area contributed by atoms with Gasteiger partial charge in [0, 0.05) is 225 Å². The van der Waals surface area contributed by atoms with Gasteiger partial charge in [-0.2, -0.15) is 0 Å². The normalized spacial score (nSPS) is 9.20. The van der Waals surface area contributed by atoms with E-state index in [0.717, 1.165) is 43.0 Å². The van der Waals surface area contributed by atoms with Gasteiger partial charge in [0.15, 0.2) is 11.5 Å². The van der Waals surface area contributed by atoms with E-state index in [1.54, 1.807) is 19.2 Å². The predicted molar refractivity (Wildman–Crippen MR) is 319 cm³/mol. The number of terminal acetylenes is 2. The quantitative estimate of drug-likeness (QED) is 0.260. The monoisotopic (exact) mass is 1030 g/mol. The first kappa shape index (κ1) is 58.6. The Hall–Kier alpha value is -14.3. The largest absolute Gasteiger partial charge is 0.493 e. The Bertz CT molecular complexity index is 4720. The van der Waals surface area contributed by atoms with Gasteiger partial charge in [0.1, 0.15) is 12.4 Å². The van der Waals surface area contributed by atoms with Gasteiger partial charge >= 0.3 is 0 Å². The first-order valence-electron chi connectivity index (χ1n) is 23.4. The second kappa shape index (κ2) is 37.4. The van der Waals surface area contributed by atoms with E-state index in [9.17, 15) is 4.39 Å². The fourth-order valence-corrected chi connectivity index (χ4v) is 6.67. The number of benzene rings is 3. The Morgan fingerprint density at radius 1 is 0.476 bits per heavy atom. The number of ether oxygens (including phenoxy) is 2. The molecular weight excluding hydrogens is 1000 g/mol. The minimum atomic E-state index is -0.240. The number of nitrogens with zero attached hydrogens (tertiary/aromatic N) is 1. The van der Waals surface area contributed by atoms with Gasteiger partial charge in [-0.25, -0.2) is 4.39 Å². The molecule has 3 heterocycles.